The third-order valence-electron chi connectivity index (χ3n) is 7.66. The fourth-order valence-corrected chi connectivity index (χ4v) is 5.57. The second-order valence-electron chi connectivity index (χ2n) is 10.3. The summed E-state index contributed by atoms with van der Waals surface area (Å²) in [6.45, 7) is 0. The first kappa shape index (κ1) is 24.1. The fraction of sp³-hybridized carbons (Fsp3) is 0. The highest BCUT2D eigenvalue weighted by Gasteiger charge is 2.14. The van der Waals surface area contributed by atoms with Gasteiger partial charge in [0.15, 0.2) is 11.6 Å². The number of rotatable bonds is 4. The number of hydrogen-bond acceptors (Lipinski definition) is 4. The summed E-state index contributed by atoms with van der Waals surface area (Å²) in [6.07, 6.45) is 0. The Hall–Kier alpha value is -5.74. The van der Waals surface area contributed by atoms with Crippen LogP contribution < -0.4 is 0 Å². The summed E-state index contributed by atoms with van der Waals surface area (Å²) in [5.41, 5.74) is 7.85. The Labute approximate surface area is 243 Å². The molecule has 0 aliphatic heterocycles. The molecule has 6 aromatic carbocycles. The van der Waals surface area contributed by atoms with Crippen molar-refractivity contribution in [2.75, 3.05) is 0 Å². The molecule has 4 nitrogen and oxygen atoms in total. The lowest BCUT2D eigenvalue weighted by Gasteiger charge is -2.11. The molecule has 8 rings (SSSR count). The van der Waals surface area contributed by atoms with Crippen LogP contribution in [0.3, 0.4) is 0 Å². The molecule has 0 fully saturated rings. The number of para-hydroxylation sites is 2. The molecule has 0 saturated carbocycles. The molecule has 0 aliphatic carbocycles. The summed E-state index contributed by atoms with van der Waals surface area (Å²) >= 11 is 0. The van der Waals surface area contributed by atoms with E-state index in [0.717, 1.165) is 72.0 Å². The zero-order chi connectivity index (χ0) is 27.9. The SMILES string of the molecule is c1ccc(-c2nc(-c3ccc4cc(-c5nc(-c6ccccc6)c6ccccc6n5)ccc4c3)c3ccccc3n2)cc1. The van der Waals surface area contributed by atoms with Crippen molar-refractivity contribution in [2.45, 2.75) is 0 Å². The molecule has 0 spiro atoms. The molecular formula is C38H24N4. The van der Waals surface area contributed by atoms with Gasteiger partial charge in [-0.1, -0.05) is 121 Å². The minimum Gasteiger partial charge on any atom is -0.228 e. The van der Waals surface area contributed by atoms with Gasteiger partial charge in [0.1, 0.15) is 0 Å². The lowest BCUT2D eigenvalue weighted by atomic mass is 10.00. The standard InChI is InChI=1S/C38H24N4/c1-3-11-25(12-4-1)35-31-15-7-9-17-33(31)40-38(41-35)30-22-20-27-23-29(21-19-28(27)24-30)36-32-16-8-10-18-34(32)39-37(42-36)26-13-5-2-6-14-26/h1-24H. The van der Waals surface area contributed by atoms with E-state index in [1.165, 1.54) is 0 Å². The highest BCUT2D eigenvalue weighted by Crippen LogP contribution is 2.33. The molecule has 0 unspecified atom stereocenters. The van der Waals surface area contributed by atoms with Gasteiger partial charge < -0.3 is 0 Å². The van der Waals surface area contributed by atoms with Crippen molar-refractivity contribution in [3.63, 3.8) is 0 Å². The Balaban J connectivity index is 1.25. The van der Waals surface area contributed by atoms with Crippen molar-refractivity contribution in [1.82, 2.24) is 19.9 Å². The smallest absolute Gasteiger partial charge is 0.160 e. The second-order valence-corrected chi connectivity index (χ2v) is 10.3. The summed E-state index contributed by atoms with van der Waals surface area (Å²) in [5.74, 6) is 1.44. The fourth-order valence-electron chi connectivity index (χ4n) is 5.57. The predicted octanol–water partition coefficient (Wildman–Crippen LogP) is 9.39. The van der Waals surface area contributed by atoms with Crippen LogP contribution in [-0.2, 0) is 0 Å². The van der Waals surface area contributed by atoms with Gasteiger partial charge in [0, 0.05) is 33.0 Å². The Morgan fingerprint density at radius 2 is 0.762 bits per heavy atom. The van der Waals surface area contributed by atoms with Gasteiger partial charge in [0.2, 0.25) is 0 Å². The highest BCUT2D eigenvalue weighted by atomic mass is 14.9. The molecule has 42 heavy (non-hydrogen) atoms. The molecule has 0 atom stereocenters. The van der Waals surface area contributed by atoms with Crippen molar-refractivity contribution in [2.24, 2.45) is 0 Å². The van der Waals surface area contributed by atoms with Gasteiger partial charge in [-0.15, -0.1) is 0 Å². The molecule has 0 radical (unpaired) electrons. The van der Waals surface area contributed by atoms with E-state index >= 15 is 0 Å². The van der Waals surface area contributed by atoms with Crippen molar-refractivity contribution < 1.29 is 0 Å². The molecule has 0 aliphatic rings. The number of benzene rings is 6. The average molecular weight is 537 g/mol. The van der Waals surface area contributed by atoms with Gasteiger partial charge in [-0.25, -0.2) is 19.9 Å². The molecule has 0 saturated heterocycles. The first-order chi connectivity index (χ1) is 20.8. The van der Waals surface area contributed by atoms with Crippen LogP contribution in [0.5, 0.6) is 0 Å². The molecule has 196 valence electrons. The van der Waals surface area contributed by atoms with Gasteiger partial charge in [-0.05, 0) is 35.0 Å². The van der Waals surface area contributed by atoms with E-state index in [-0.39, 0.29) is 0 Å². The first-order valence-corrected chi connectivity index (χ1v) is 14.0. The summed E-state index contributed by atoms with van der Waals surface area (Å²) in [5, 5.41) is 4.33. The predicted molar refractivity (Wildman–Crippen MR) is 172 cm³/mol. The van der Waals surface area contributed by atoms with Crippen LogP contribution in [0.1, 0.15) is 0 Å². The van der Waals surface area contributed by atoms with E-state index in [4.69, 9.17) is 19.9 Å². The minimum absolute atomic E-state index is 0.716. The summed E-state index contributed by atoms with van der Waals surface area (Å²) in [7, 11) is 0. The van der Waals surface area contributed by atoms with Crippen LogP contribution in [0.15, 0.2) is 146 Å². The number of hydrogen-bond donors (Lipinski definition) is 0. The molecule has 8 aromatic rings. The van der Waals surface area contributed by atoms with Crippen LogP contribution >= 0.6 is 0 Å². The van der Waals surface area contributed by atoms with E-state index in [0.29, 0.717) is 5.82 Å². The number of fused-ring (bicyclic) bond motifs is 3. The largest absolute Gasteiger partial charge is 0.228 e. The van der Waals surface area contributed by atoms with Crippen LogP contribution in [0.4, 0.5) is 0 Å². The molecule has 4 heteroatoms. The maximum absolute atomic E-state index is 5.06. The molecule has 0 bridgehead atoms. The molecule has 2 heterocycles. The van der Waals surface area contributed by atoms with E-state index in [1.807, 2.05) is 78.9 Å². The maximum Gasteiger partial charge on any atom is 0.160 e. The topological polar surface area (TPSA) is 51.6 Å². The van der Waals surface area contributed by atoms with Crippen molar-refractivity contribution in [1.29, 1.82) is 0 Å². The lowest BCUT2D eigenvalue weighted by molar-refractivity contribution is 1.23. The highest BCUT2D eigenvalue weighted by molar-refractivity contribution is 5.98. The molecule has 0 N–H and O–H groups in total. The van der Waals surface area contributed by atoms with Crippen LogP contribution in [0, 0.1) is 0 Å². The van der Waals surface area contributed by atoms with Gasteiger partial charge in [-0.2, -0.15) is 0 Å². The zero-order valence-corrected chi connectivity index (χ0v) is 22.6. The quantitative estimate of drug-likeness (QED) is 0.225. The summed E-state index contributed by atoms with van der Waals surface area (Å²) < 4.78 is 0. The van der Waals surface area contributed by atoms with E-state index in [1.54, 1.807) is 0 Å². The van der Waals surface area contributed by atoms with Crippen LogP contribution in [0.25, 0.3) is 77.9 Å². The summed E-state index contributed by atoms with van der Waals surface area (Å²) in [4.78, 5) is 19.9. The Morgan fingerprint density at radius 3 is 1.38 bits per heavy atom. The van der Waals surface area contributed by atoms with Crippen molar-refractivity contribution in [3.05, 3.63) is 146 Å². The minimum atomic E-state index is 0.716. The summed E-state index contributed by atoms with van der Waals surface area (Å²) in [6, 6.07) is 49.8. The number of aromatic nitrogens is 4. The van der Waals surface area contributed by atoms with Crippen LogP contribution in [-0.4, -0.2) is 19.9 Å². The van der Waals surface area contributed by atoms with Crippen molar-refractivity contribution >= 4 is 32.6 Å². The Kier molecular flexibility index (Phi) is 5.75. The zero-order valence-electron chi connectivity index (χ0n) is 22.6. The second kappa shape index (κ2) is 10.0. The van der Waals surface area contributed by atoms with Gasteiger partial charge in [-0.3, -0.25) is 0 Å². The van der Waals surface area contributed by atoms with Gasteiger partial charge in [0.25, 0.3) is 0 Å². The average Bonchev–Trinajstić information content (AvgIpc) is 3.07. The van der Waals surface area contributed by atoms with E-state index < -0.39 is 0 Å². The number of nitrogens with zero attached hydrogens (tertiary/aromatic N) is 4. The Bertz CT molecular complexity index is 2240. The lowest BCUT2D eigenvalue weighted by Crippen LogP contribution is -1.96. The van der Waals surface area contributed by atoms with E-state index in [9.17, 15) is 0 Å². The van der Waals surface area contributed by atoms with Gasteiger partial charge in [0.05, 0.1) is 22.4 Å². The maximum atomic E-state index is 5.06. The molecule has 2 aromatic heterocycles. The molecular weight excluding hydrogens is 512 g/mol. The molecule has 0 amide bonds. The monoisotopic (exact) mass is 536 g/mol. The van der Waals surface area contributed by atoms with Gasteiger partial charge >= 0.3 is 0 Å². The van der Waals surface area contributed by atoms with E-state index in [2.05, 4.69) is 66.7 Å². The third kappa shape index (κ3) is 4.27. The van der Waals surface area contributed by atoms with Crippen molar-refractivity contribution in [3.8, 4) is 45.3 Å². The third-order valence-corrected chi connectivity index (χ3v) is 7.66. The Morgan fingerprint density at radius 1 is 0.310 bits per heavy atom. The first-order valence-electron chi connectivity index (χ1n) is 14.0. The van der Waals surface area contributed by atoms with Crippen LogP contribution in [0.2, 0.25) is 0 Å². The normalized spacial score (nSPS) is 11.3.